The first kappa shape index (κ1) is 17.2. The molecule has 2 saturated heterocycles. The molecule has 2 aliphatic heterocycles. The van der Waals surface area contributed by atoms with Crippen molar-refractivity contribution in [3.63, 3.8) is 0 Å². The number of rotatable bonds is 4. The van der Waals surface area contributed by atoms with Crippen LogP contribution in [-0.2, 0) is 28.5 Å². The van der Waals surface area contributed by atoms with E-state index in [0.717, 1.165) is 11.3 Å². The molecule has 3 rings (SSSR count). The monoisotopic (exact) mass is 338 g/mol. The molecule has 0 spiro atoms. The number of benzene rings is 1. The maximum atomic E-state index is 11.3. The number of ether oxygens (including phenoxy) is 6. The van der Waals surface area contributed by atoms with E-state index in [2.05, 4.69) is 0 Å². The fourth-order valence-corrected chi connectivity index (χ4v) is 2.97. The van der Waals surface area contributed by atoms with Gasteiger partial charge in [-0.15, -0.1) is 0 Å². The second-order valence-electron chi connectivity index (χ2n) is 5.78. The van der Waals surface area contributed by atoms with Crippen LogP contribution in [0.4, 0.5) is 0 Å². The number of fused-ring (bicyclic) bond motifs is 1. The Bertz CT molecular complexity index is 559. The minimum atomic E-state index is -0.611. The Morgan fingerprint density at radius 2 is 1.88 bits per heavy atom. The van der Waals surface area contributed by atoms with Crippen molar-refractivity contribution in [3.8, 4) is 5.75 Å². The first-order chi connectivity index (χ1) is 11.6. The van der Waals surface area contributed by atoms with E-state index in [1.807, 2.05) is 24.3 Å². The van der Waals surface area contributed by atoms with Crippen LogP contribution in [0.5, 0.6) is 5.75 Å². The Kier molecular flexibility index (Phi) is 5.35. The molecule has 132 valence electrons. The van der Waals surface area contributed by atoms with Crippen molar-refractivity contribution >= 4 is 5.97 Å². The van der Waals surface area contributed by atoms with Gasteiger partial charge in [-0.25, -0.2) is 0 Å². The van der Waals surface area contributed by atoms with E-state index in [9.17, 15) is 4.79 Å². The maximum Gasteiger partial charge on any atom is 0.303 e. The SMILES string of the molecule is COc1ccc(C2OC[C@H]3O[C@@H](OC)[C@H](OC(C)=O)C[C@H]3O2)cc1. The van der Waals surface area contributed by atoms with E-state index >= 15 is 0 Å². The summed E-state index contributed by atoms with van der Waals surface area (Å²) in [6.07, 6.45) is -1.59. The lowest BCUT2D eigenvalue weighted by atomic mass is 10.0. The number of esters is 1. The zero-order chi connectivity index (χ0) is 17.1. The molecule has 2 aliphatic rings. The normalized spacial score (nSPS) is 32.7. The fraction of sp³-hybridized carbons (Fsp3) is 0.588. The van der Waals surface area contributed by atoms with E-state index < -0.39 is 18.7 Å². The molecule has 2 fully saturated rings. The molecule has 7 heteroatoms. The highest BCUT2D eigenvalue weighted by Gasteiger charge is 2.44. The predicted molar refractivity (Wildman–Crippen MR) is 82.4 cm³/mol. The fourth-order valence-electron chi connectivity index (χ4n) is 2.97. The lowest BCUT2D eigenvalue weighted by Gasteiger charge is -2.44. The van der Waals surface area contributed by atoms with Crippen LogP contribution in [0.3, 0.4) is 0 Å². The van der Waals surface area contributed by atoms with Gasteiger partial charge < -0.3 is 28.4 Å². The standard InChI is InChI=1S/C17H22O7/c1-10(18)22-14-8-13-15(24-17(14)20-3)9-21-16(23-13)11-4-6-12(19-2)7-5-11/h4-7,13-17H,8-9H2,1-3H3/t13-,14-,15-,16?,17-/m1/s1. The molecule has 0 amide bonds. The van der Waals surface area contributed by atoms with Gasteiger partial charge in [0, 0.05) is 26.0 Å². The number of hydrogen-bond acceptors (Lipinski definition) is 7. The molecule has 0 aliphatic carbocycles. The van der Waals surface area contributed by atoms with Crippen molar-refractivity contribution in [1.82, 2.24) is 0 Å². The summed E-state index contributed by atoms with van der Waals surface area (Å²) in [6, 6.07) is 7.51. The third-order valence-corrected chi connectivity index (χ3v) is 4.14. The quantitative estimate of drug-likeness (QED) is 0.775. The second kappa shape index (κ2) is 7.48. The highest BCUT2D eigenvalue weighted by atomic mass is 16.8. The van der Waals surface area contributed by atoms with Crippen molar-refractivity contribution in [3.05, 3.63) is 29.8 Å². The third kappa shape index (κ3) is 3.70. The molecule has 0 bridgehead atoms. The highest BCUT2D eigenvalue weighted by molar-refractivity contribution is 5.66. The van der Waals surface area contributed by atoms with Crippen molar-refractivity contribution < 1.29 is 33.2 Å². The summed E-state index contributed by atoms with van der Waals surface area (Å²) in [7, 11) is 3.14. The van der Waals surface area contributed by atoms with Crippen LogP contribution in [0.15, 0.2) is 24.3 Å². The molecule has 0 radical (unpaired) electrons. The molecule has 0 saturated carbocycles. The molecule has 2 heterocycles. The lowest BCUT2D eigenvalue weighted by molar-refractivity contribution is -0.333. The van der Waals surface area contributed by atoms with Crippen LogP contribution in [0, 0.1) is 0 Å². The molecular formula is C17H22O7. The van der Waals surface area contributed by atoms with Crippen molar-refractivity contribution in [2.45, 2.75) is 44.2 Å². The summed E-state index contributed by atoms with van der Waals surface area (Å²) >= 11 is 0. The van der Waals surface area contributed by atoms with E-state index in [4.69, 9.17) is 28.4 Å². The molecule has 1 aromatic carbocycles. The molecule has 0 N–H and O–H groups in total. The van der Waals surface area contributed by atoms with Gasteiger partial charge in [0.05, 0.1) is 19.8 Å². The van der Waals surface area contributed by atoms with Crippen LogP contribution >= 0.6 is 0 Å². The summed E-state index contributed by atoms with van der Waals surface area (Å²) in [6.45, 7) is 1.75. The van der Waals surface area contributed by atoms with Gasteiger partial charge in [0.2, 0.25) is 0 Å². The van der Waals surface area contributed by atoms with Gasteiger partial charge in [-0.2, -0.15) is 0 Å². The Labute approximate surface area is 140 Å². The van der Waals surface area contributed by atoms with Gasteiger partial charge in [0.1, 0.15) is 11.9 Å². The molecule has 7 nitrogen and oxygen atoms in total. The van der Waals surface area contributed by atoms with Crippen LogP contribution in [-0.4, -0.2) is 51.4 Å². The zero-order valence-electron chi connectivity index (χ0n) is 14.0. The summed E-state index contributed by atoms with van der Waals surface area (Å²) in [5.41, 5.74) is 0.896. The lowest BCUT2D eigenvalue weighted by Crippen LogP contribution is -2.54. The van der Waals surface area contributed by atoms with Crippen LogP contribution < -0.4 is 4.74 Å². The number of carbonyl (C=O) groups is 1. The molecule has 5 atom stereocenters. The number of hydrogen-bond donors (Lipinski definition) is 0. The van der Waals surface area contributed by atoms with Crippen molar-refractivity contribution in [2.24, 2.45) is 0 Å². The Morgan fingerprint density at radius 3 is 2.50 bits per heavy atom. The zero-order valence-corrected chi connectivity index (χ0v) is 14.0. The average Bonchev–Trinajstić information content (AvgIpc) is 2.60. The summed E-state index contributed by atoms with van der Waals surface area (Å²) in [5.74, 6) is 0.397. The predicted octanol–water partition coefficient (Wildman–Crippen LogP) is 1.80. The smallest absolute Gasteiger partial charge is 0.303 e. The van der Waals surface area contributed by atoms with Gasteiger partial charge in [-0.1, -0.05) is 12.1 Å². The Morgan fingerprint density at radius 1 is 1.12 bits per heavy atom. The third-order valence-electron chi connectivity index (χ3n) is 4.14. The minimum absolute atomic E-state index is 0.235. The van der Waals surface area contributed by atoms with Crippen molar-refractivity contribution in [1.29, 1.82) is 0 Å². The number of methoxy groups -OCH3 is 2. The average molecular weight is 338 g/mol. The highest BCUT2D eigenvalue weighted by Crippen LogP contribution is 2.35. The topological polar surface area (TPSA) is 72.5 Å². The van der Waals surface area contributed by atoms with E-state index in [-0.39, 0.29) is 18.2 Å². The molecule has 24 heavy (non-hydrogen) atoms. The molecule has 1 unspecified atom stereocenters. The summed E-state index contributed by atoms with van der Waals surface area (Å²) in [5, 5.41) is 0. The van der Waals surface area contributed by atoms with E-state index in [0.29, 0.717) is 13.0 Å². The Balaban J connectivity index is 1.68. The van der Waals surface area contributed by atoms with Crippen LogP contribution in [0.25, 0.3) is 0 Å². The molecular weight excluding hydrogens is 316 g/mol. The van der Waals surface area contributed by atoms with Gasteiger partial charge in [-0.3, -0.25) is 4.79 Å². The van der Waals surface area contributed by atoms with E-state index in [1.165, 1.54) is 14.0 Å². The van der Waals surface area contributed by atoms with Gasteiger partial charge >= 0.3 is 5.97 Å². The van der Waals surface area contributed by atoms with Crippen LogP contribution in [0.1, 0.15) is 25.2 Å². The number of carbonyl (C=O) groups excluding carboxylic acids is 1. The first-order valence-corrected chi connectivity index (χ1v) is 7.87. The van der Waals surface area contributed by atoms with Crippen molar-refractivity contribution in [2.75, 3.05) is 20.8 Å². The van der Waals surface area contributed by atoms with Crippen LogP contribution in [0.2, 0.25) is 0 Å². The summed E-state index contributed by atoms with van der Waals surface area (Å²) in [4.78, 5) is 11.3. The largest absolute Gasteiger partial charge is 0.497 e. The van der Waals surface area contributed by atoms with Gasteiger partial charge in [0.25, 0.3) is 0 Å². The molecule has 0 aromatic heterocycles. The molecule has 1 aromatic rings. The summed E-state index contributed by atoms with van der Waals surface area (Å²) < 4.78 is 33.3. The van der Waals surface area contributed by atoms with Gasteiger partial charge in [-0.05, 0) is 12.1 Å². The maximum absolute atomic E-state index is 11.3. The first-order valence-electron chi connectivity index (χ1n) is 7.87. The van der Waals surface area contributed by atoms with Gasteiger partial charge in [0.15, 0.2) is 18.7 Å². The minimum Gasteiger partial charge on any atom is -0.497 e. The van der Waals surface area contributed by atoms with E-state index in [1.54, 1.807) is 7.11 Å². The second-order valence-corrected chi connectivity index (χ2v) is 5.78. The Hall–Kier alpha value is -1.67.